The minimum absolute atomic E-state index is 0.262. The number of rotatable bonds is 9. The Labute approximate surface area is 210 Å². The van der Waals surface area contributed by atoms with Gasteiger partial charge in [-0.25, -0.2) is 4.98 Å². The summed E-state index contributed by atoms with van der Waals surface area (Å²) in [5.74, 6) is 3.79. The fourth-order valence-electron chi connectivity index (χ4n) is 6.04. The molecule has 1 aromatic heterocycles. The average molecular weight is 473 g/mol. The summed E-state index contributed by atoms with van der Waals surface area (Å²) < 4.78 is 12.6. The minimum Gasteiger partial charge on any atom is -0.493 e. The van der Waals surface area contributed by atoms with Crippen molar-refractivity contribution in [2.75, 3.05) is 19.7 Å². The van der Waals surface area contributed by atoms with E-state index >= 15 is 0 Å². The highest BCUT2D eigenvalue weighted by molar-refractivity contribution is 5.26. The third-order valence-electron chi connectivity index (χ3n) is 8.45. The van der Waals surface area contributed by atoms with Gasteiger partial charge in [-0.1, -0.05) is 74.7 Å². The minimum atomic E-state index is 0.262. The first-order valence-electron chi connectivity index (χ1n) is 13.6. The van der Waals surface area contributed by atoms with Gasteiger partial charge in [0, 0.05) is 5.41 Å². The van der Waals surface area contributed by atoms with Gasteiger partial charge in [0.1, 0.15) is 11.5 Å². The van der Waals surface area contributed by atoms with Crippen LogP contribution in [0.3, 0.4) is 0 Å². The summed E-state index contributed by atoms with van der Waals surface area (Å²) in [6.45, 7) is 6.10. The highest BCUT2D eigenvalue weighted by atomic mass is 16.5. The number of nitrogens with zero attached hydrogens (tertiary/aromatic N) is 2. The van der Waals surface area contributed by atoms with Crippen LogP contribution >= 0.6 is 0 Å². The maximum absolute atomic E-state index is 6.46. The highest BCUT2D eigenvalue weighted by Crippen LogP contribution is 2.40. The highest BCUT2D eigenvalue weighted by Gasteiger charge is 2.35. The first kappa shape index (κ1) is 24.1. The van der Waals surface area contributed by atoms with E-state index in [9.17, 15) is 0 Å². The molecule has 2 aromatic carbocycles. The number of aromatic nitrogens is 1. The lowest BCUT2D eigenvalue weighted by atomic mass is 9.76. The molecular weight excluding hydrogens is 432 g/mol. The molecule has 2 aliphatic rings. The number of ether oxygens (including phenoxy) is 1. The molecule has 1 saturated carbocycles. The molecule has 1 saturated heterocycles. The molecule has 0 radical (unpaired) electrons. The van der Waals surface area contributed by atoms with Crippen LogP contribution in [0.15, 0.2) is 71.3 Å². The Kier molecular flexibility index (Phi) is 7.88. The molecular formula is C31H40N2O2. The normalized spacial score (nSPS) is 19.9. The molecule has 35 heavy (non-hydrogen) atoms. The molecule has 1 unspecified atom stereocenters. The van der Waals surface area contributed by atoms with Crippen molar-refractivity contribution in [3.05, 3.63) is 84.1 Å². The Morgan fingerprint density at radius 2 is 1.66 bits per heavy atom. The molecule has 2 fully saturated rings. The van der Waals surface area contributed by atoms with Crippen molar-refractivity contribution in [3.63, 3.8) is 0 Å². The predicted molar refractivity (Wildman–Crippen MR) is 141 cm³/mol. The lowest BCUT2D eigenvalue weighted by Gasteiger charge is -2.40. The van der Waals surface area contributed by atoms with E-state index in [2.05, 4.69) is 54.3 Å². The number of oxazole rings is 1. The van der Waals surface area contributed by atoms with Crippen LogP contribution < -0.4 is 4.74 Å². The zero-order chi connectivity index (χ0) is 23.9. The molecule has 5 rings (SSSR count). The van der Waals surface area contributed by atoms with E-state index in [1.165, 1.54) is 37.7 Å². The van der Waals surface area contributed by atoms with Crippen LogP contribution in [0.4, 0.5) is 0 Å². The molecule has 0 N–H and O–H groups in total. The van der Waals surface area contributed by atoms with Crippen LogP contribution in [0.2, 0.25) is 0 Å². The van der Waals surface area contributed by atoms with E-state index in [1.54, 1.807) is 0 Å². The summed E-state index contributed by atoms with van der Waals surface area (Å²) in [7, 11) is 0. The van der Waals surface area contributed by atoms with E-state index < -0.39 is 0 Å². The summed E-state index contributed by atoms with van der Waals surface area (Å²) in [6.07, 6.45) is 12.0. The SMILES string of the molecule is CCC1(COc2ccccc2)CCN(Cc2cnc(C(c3ccccc3)C3CCCCC3)o2)CC1. The zero-order valence-corrected chi connectivity index (χ0v) is 21.2. The smallest absolute Gasteiger partial charge is 0.202 e. The second-order valence-electron chi connectivity index (χ2n) is 10.7. The lowest BCUT2D eigenvalue weighted by Crippen LogP contribution is -2.42. The third-order valence-corrected chi connectivity index (χ3v) is 8.45. The van der Waals surface area contributed by atoms with Gasteiger partial charge in [-0.05, 0) is 68.8 Å². The van der Waals surface area contributed by atoms with E-state index in [-0.39, 0.29) is 11.3 Å². The number of hydrogen-bond acceptors (Lipinski definition) is 4. The number of piperidine rings is 1. The number of para-hydroxylation sites is 1. The Morgan fingerprint density at radius 3 is 2.34 bits per heavy atom. The molecule has 4 heteroatoms. The van der Waals surface area contributed by atoms with E-state index in [0.717, 1.165) is 62.9 Å². The molecule has 1 atom stereocenters. The van der Waals surface area contributed by atoms with Gasteiger partial charge < -0.3 is 9.15 Å². The predicted octanol–water partition coefficient (Wildman–Crippen LogP) is 7.46. The van der Waals surface area contributed by atoms with Crippen molar-refractivity contribution in [1.29, 1.82) is 0 Å². The van der Waals surface area contributed by atoms with Crippen molar-refractivity contribution in [2.24, 2.45) is 11.3 Å². The first-order valence-corrected chi connectivity index (χ1v) is 13.6. The largest absolute Gasteiger partial charge is 0.493 e. The van der Waals surface area contributed by atoms with E-state index in [4.69, 9.17) is 14.1 Å². The van der Waals surface area contributed by atoms with Gasteiger partial charge in [0.05, 0.1) is 25.3 Å². The molecule has 4 nitrogen and oxygen atoms in total. The van der Waals surface area contributed by atoms with Gasteiger partial charge in [-0.2, -0.15) is 0 Å². The van der Waals surface area contributed by atoms with Crippen molar-refractivity contribution >= 4 is 0 Å². The van der Waals surface area contributed by atoms with Gasteiger partial charge in [-0.15, -0.1) is 0 Å². The molecule has 186 valence electrons. The second kappa shape index (κ2) is 11.4. The third kappa shape index (κ3) is 5.98. The van der Waals surface area contributed by atoms with Gasteiger partial charge in [-0.3, -0.25) is 4.90 Å². The van der Waals surface area contributed by atoms with Crippen LogP contribution in [0.1, 0.15) is 81.4 Å². The molecule has 3 aromatic rings. The van der Waals surface area contributed by atoms with Crippen molar-refractivity contribution in [1.82, 2.24) is 9.88 Å². The van der Waals surface area contributed by atoms with Crippen LogP contribution in [0, 0.1) is 11.3 Å². The molecule has 1 aliphatic carbocycles. The standard InChI is InChI=1S/C31H40N2O2/c1-2-31(24-34-27-16-10-5-11-17-27)18-20-33(21-19-31)23-28-22-32-30(35-28)29(25-12-6-3-7-13-25)26-14-8-4-9-15-26/h3,5-7,10-13,16-17,22,26,29H,2,4,8-9,14-15,18-21,23-24H2,1H3. The Hall–Kier alpha value is -2.59. The lowest BCUT2D eigenvalue weighted by molar-refractivity contribution is 0.0452. The van der Waals surface area contributed by atoms with Crippen molar-refractivity contribution in [2.45, 2.75) is 70.8 Å². The summed E-state index contributed by atoms with van der Waals surface area (Å²) >= 11 is 0. The zero-order valence-electron chi connectivity index (χ0n) is 21.2. The van der Waals surface area contributed by atoms with Gasteiger partial charge in [0.2, 0.25) is 5.89 Å². The van der Waals surface area contributed by atoms with E-state index in [0.29, 0.717) is 5.92 Å². The average Bonchev–Trinajstić information content (AvgIpc) is 3.38. The number of likely N-dealkylation sites (tertiary alicyclic amines) is 1. The second-order valence-corrected chi connectivity index (χ2v) is 10.7. The molecule has 0 bridgehead atoms. The fraction of sp³-hybridized carbons (Fsp3) is 0.516. The maximum Gasteiger partial charge on any atom is 0.202 e. The van der Waals surface area contributed by atoms with Crippen LogP contribution in [-0.4, -0.2) is 29.6 Å². The van der Waals surface area contributed by atoms with Crippen LogP contribution in [0.25, 0.3) is 0 Å². The van der Waals surface area contributed by atoms with Gasteiger partial charge in [0.15, 0.2) is 0 Å². The molecule has 1 aliphatic heterocycles. The number of benzene rings is 2. The summed E-state index contributed by atoms with van der Waals surface area (Å²) in [5.41, 5.74) is 1.61. The quantitative estimate of drug-likeness (QED) is 0.324. The summed E-state index contributed by atoms with van der Waals surface area (Å²) in [6, 6.07) is 21.1. The van der Waals surface area contributed by atoms with Crippen LogP contribution in [-0.2, 0) is 6.54 Å². The maximum atomic E-state index is 6.46. The topological polar surface area (TPSA) is 38.5 Å². The van der Waals surface area contributed by atoms with E-state index in [1.807, 2.05) is 24.4 Å². The fourth-order valence-corrected chi connectivity index (χ4v) is 6.04. The monoisotopic (exact) mass is 472 g/mol. The van der Waals surface area contributed by atoms with Gasteiger partial charge in [0.25, 0.3) is 0 Å². The Balaban J connectivity index is 1.21. The summed E-state index contributed by atoms with van der Waals surface area (Å²) in [4.78, 5) is 7.35. The Bertz CT molecular complexity index is 1020. The molecule has 0 amide bonds. The van der Waals surface area contributed by atoms with Crippen LogP contribution in [0.5, 0.6) is 5.75 Å². The van der Waals surface area contributed by atoms with Crippen molar-refractivity contribution < 1.29 is 9.15 Å². The first-order chi connectivity index (χ1) is 17.2. The molecule has 0 spiro atoms. The van der Waals surface area contributed by atoms with Gasteiger partial charge >= 0.3 is 0 Å². The number of hydrogen-bond donors (Lipinski definition) is 0. The van der Waals surface area contributed by atoms with Crippen molar-refractivity contribution in [3.8, 4) is 5.75 Å². The molecule has 2 heterocycles. The summed E-state index contributed by atoms with van der Waals surface area (Å²) in [5, 5.41) is 0. The Morgan fingerprint density at radius 1 is 0.971 bits per heavy atom.